The van der Waals surface area contributed by atoms with Crippen molar-refractivity contribution < 1.29 is 8.42 Å². The fraction of sp³-hybridized carbons (Fsp3) is 0.571. The van der Waals surface area contributed by atoms with E-state index in [1.807, 2.05) is 6.07 Å². The first-order valence-corrected chi connectivity index (χ1v) is 8.82. The Morgan fingerprint density at radius 1 is 1.33 bits per heavy atom. The highest BCUT2D eigenvalue weighted by atomic mass is 35.5. The SMILES string of the molecule is CC(C)NCCCN(C)S(=O)(=O)NCc1cccc(Cl)c1. The zero-order valence-corrected chi connectivity index (χ0v) is 14.3. The quantitative estimate of drug-likeness (QED) is 0.679. The molecule has 0 heterocycles. The van der Waals surface area contributed by atoms with E-state index < -0.39 is 10.2 Å². The lowest BCUT2D eigenvalue weighted by atomic mass is 10.2. The molecule has 0 unspecified atom stereocenters. The maximum atomic E-state index is 12.1. The molecule has 0 bridgehead atoms. The summed E-state index contributed by atoms with van der Waals surface area (Å²) < 4.78 is 28.1. The minimum Gasteiger partial charge on any atom is -0.314 e. The van der Waals surface area contributed by atoms with Crippen molar-refractivity contribution in [1.29, 1.82) is 0 Å². The minimum atomic E-state index is -3.46. The lowest BCUT2D eigenvalue weighted by molar-refractivity contribution is 0.439. The highest BCUT2D eigenvalue weighted by molar-refractivity contribution is 7.87. The standard InChI is InChI=1S/C14H24ClN3O2S/c1-12(2)16-8-5-9-18(3)21(19,20)17-11-13-6-4-7-14(15)10-13/h4,6-7,10,12,16-17H,5,8-9,11H2,1-3H3. The van der Waals surface area contributed by atoms with E-state index in [1.165, 1.54) is 4.31 Å². The lowest BCUT2D eigenvalue weighted by Crippen LogP contribution is -2.39. The summed E-state index contributed by atoms with van der Waals surface area (Å²) in [4.78, 5) is 0. The Hall–Kier alpha value is -0.660. The van der Waals surface area contributed by atoms with Crippen molar-refractivity contribution in [3.05, 3.63) is 34.9 Å². The van der Waals surface area contributed by atoms with E-state index in [9.17, 15) is 8.42 Å². The maximum absolute atomic E-state index is 12.1. The van der Waals surface area contributed by atoms with Crippen LogP contribution in [0.2, 0.25) is 5.02 Å². The molecular formula is C14H24ClN3O2S. The number of benzene rings is 1. The maximum Gasteiger partial charge on any atom is 0.279 e. The van der Waals surface area contributed by atoms with E-state index in [0.29, 0.717) is 17.6 Å². The van der Waals surface area contributed by atoms with Gasteiger partial charge in [0.25, 0.3) is 10.2 Å². The Kier molecular flexibility index (Phi) is 7.62. The van der Waals surface area contributed by atoms with E-state index in [0.717, 1.165) is 18.5 Å². The van der Waals surface area contributed by atoms with Crippen LogP contribution in [0.1, 0.15) is 25.8 Å². The van der Waals surface area contributed by atoms with Crippen molar-refractivity contribution in [1.82, 2.24) is 14.3 Å². The van der Waals surface area contributed by atoms with Crippen LogP contribution in [0.4, 0.5) is 0 Å². The molecule has 2 N–H and O–H groups in total. The van der Waals surface area contributed by atoms with Gasteiger partial charge in [0.05, 0.1) is 0 Å². The molecule has 0 aliphatic rings. The molecule has 1 aromatic carbocycles. The highest BCUT2D eigenvalue weighted by Crippen LogP contribution is 2.10. The first-order chi connectivity index (χ1) is 9.81. The van der Waals surface area contributed by atoms with Gasteiger partial charge in [0.15, 0.2) is 0 Å². The molecule has 0 aliphatic heterocycles. The summed E-state index contributed by atoms with van der Waals surface area (Å²) in [6.45, 7) is 5.63. The van der Waals surface area contributed by atoms with Crippen LogP contribution < -0.4 is 10.0 Å². The number of hydrogen-bond donors (Lipinski definition) is 2. The Labute approximate surface area is 132 Å². The van der Waals surface area contributed by atoms with E-state index >= 15 is 0 Å². The van der Waals surface area contributed by atoms with Crippen LogP contribution in [0, 0.1) is 0 Å². The second-order valence-electron chi connectivity index (χ2n) is 5.24. The van der Waals surface area contributed by atoms with Gasteiger partial charge in [-0.2, -0.15) is 17.4 Å². The first-order valence-electron chi connectivity index (χ1n) is 7.00. The van der Waals surface area contributed by atoms with Crippen LogP contribution in [-0.2, 0) is 16.8 Å². The average molecular weight is 334 g/mol. The molecule has 0 atom stereocenters. The van der Waals surface area contributed by atoms with Gasteiger partial charge in [-0.05, 0) is 30.7 Å². The molecule has 0 saturated heterocycles. The predicted molar refractivity (Wildman–Crippen MR) is 87.6 cm³/mol. The van der Waals surface area contributed by atoms with Crippen LogP contribution in [0.15, 0.2) is 24.3 Å². The molecule has 1 rings (SSSR count). The van der Waals surface area contributed by atoms with Gasteiger partial charge in [0.1, 0.15) is 0 Å². The Morgan fingerprint density at radius 3 is 2.67 bits per heavy atom. The van der Waals surface area contributed by atoms with E-state index in [-0.39, 0.29) is 6.54 Å². The number of nitrogens with zero attached hydrogens (tertiary/aromatic N) is 1. The summed E-state index contributed by atoms with van der Waals surface area (Å²) in [7, 11) is -1.88. The van der Waals surface area contributed by atoms with Gasteiger partial charge in [-0.15, -0.1) is 0 Å². The second kappa shape index (κ2) is 8.70. The van der Waals surface area contributed by atoms with Crippen molar-refractivity contribution in [3.8, 4) is 0 Å². The third-order valence-corrected chi connectivity index (χ3v) is 4.71. The number of nitrogens with one attached hydrogen (secondary N) is 2. The van der Waals surface area contributed by atoms with Crippen molar-refractivity contribution in [2.75, 3.05) is 20.1 Å². The molecule has 21 heavy (non-hydrogen) atoms. The molecule has 0 aromatic heterocycles. The number of hydrogen-bond acceptors (Lipinski definition) is 3. The highest BCUT2D eigenvalue weighted by Gasteiger charge is 2.16. The van der Waals surface area contributed by atoms with Gasteiger partial charge in [0.2, 0.25) is 0 Å². The van der Waals surface area contributed by atoms with Crippen molar-refractivity contribution >= 4 is 21.8 Å². The van der Waals surface area contributed by atoms with Crippen LogP contribution in [0.3, 0.4) is 0 Å². The molecule has 0 aliphatic carbocycles. The molecular weight excluding hydrogens is 310 g/mol. The summed E-state index contributed by atoms with van der Waals surface area (Å²) in [6.07, 6.45) is 0.771. The molecule has 0 saturated carbocycles. The molecule has 0 spiro atoms. The van der Waals surface area contributed by atoms with E-state index in [4.69, 9.17) is 11.6 Å². The van der Waals surface area contributed by atoms with Gasteiger partial charge < -0.3 is 5.32 Å². The van der Waals surface area contributed by atoms with Crippen LogP contribution in [-0.4, -0.2) is 38.9 Å². The third-order valence-electron chi connectivity index (χ3n) is 2.96. The monoisotopic (exact) mass is 333 g/mol. The molecule has 0 fully saturated rings. The average Bonchev–Trinajstić information content (AvgIpc) is 2.41. The Balaban J connectivity index is 2.41. The van der Waals surface area contributed by atoms with Crippen molar-refractivity contribution in [3.63, 3.8) is 0 Å². The zero-order valence-electron chi connectivity index (χ0n) is 12.8. The Morgan fingerprint density at radius 2 is 2.05 bits per heavy atom. The fourth-order valence-electron chi connectivity index (χ4n) is 1.74. The van der Waals surface area contributed by atoms with Crippen molar-refractivity contribution in [2.24, 2.45) is 0 Å². The molecule has 0 amide bonds. The molecule has 5 nitrogen and oxygen atoms in total. The Bertz CT molecular complexity index is 535. The predicted octanol–water partition coefficient (Wildman–Crippen LogP) is 1.99. The summed E-state index contributed by atoms with van der Waals surface area (Å²) in [6, 6.07) is 7.55. The summed E-state index contributed by atoms with van der Waals surface area (Å²) >= 11 is 5.87. The first kappa shape index (κ1) is 18.4. The lowest BCUT2D eigenvalue weighted by Gasteiger charge is -2.18. The third kappa shape index (κ3) is 7.24. The van der Waals surface area contributed by atoms with Crippen LogP contribution >= 0.6 is 11.6 Å². The number of rotatable bonds is 9. The summed E-state index contributed by atoms with van der Waals surface area (Å²) in [5, 5.41) is 3.86. The van der Waals surface area contributed by atoms with Crippen LogP contribution in [0.5, 0.6) is 0 Å². The summed E-state index contributed by atoms with van der Waals surface area (Å²) in [5.74, 6) is 0. The smallest absolute Gasteiger partial charge is 0.279 e. The van der Waals surface area contributed by atoms with Crippen LogP contribution in [0.25, 0.3) is 0 Å². The number of halogens is 1. The molecule has 1 aromatic rings. The topological polar surface area (TPSA) is 61.4 Å². The zero-order chi connectivity index (χ0) is 15.9. The molecule has 120 valence electrons. The second-order valence-corrected chi connectivity index (χ2v) is 7.54. The molecule has 7 heteroatoms. The minimum absolute atomic E-state index is 0.234. The van der Waals surface area contributed by atoms with Gasteiger partial charge in [-0.25, -0.2) is 0 Å². The largest absolute Gasteiger partial charge is 0.314 e. The van der Waals surface area contributed by atoms with E-state index in [1.54, 1.807) is 25.2 Å². The molecule has 0 radical (unpaired) electrons. The van der Waals surface area contributed by atoms with Gasteiger partial charge >= 0.3 is 0 Å². The normalized spacial score (nSPS) is 12.3. The van der Waals surface area contributed by atoms with Gasteiger partial charge in [0, 0.05) is 31.2 Å². The van der Waals surface area contributed by atoms with Gasteiger partial charge in [-0.1, -0.05) is 37.6 Å². The fourth-order valence-corrected chi connectivity index (χ4v) is 2.90. The summed E-state index contributed by atoms with van der Waals surface area (Å²) in [5.41, 5.74) is 0.834. The van der Waals surface area contributed by atoms with Gasteiger partial charge in [-0.3, -0.25) is 0 Å². The van der Waals surface area contributed by atoms with Crippen molar-refractivity contribution in [2.45, 2.75) is 32.9 Å². The van der Waals surface area contributed by atoms with E-state index in [2.05, 4.69) is 23.9 Å².